The highest BCUT2D eigenvalue weighted by Gasteiger charge is 2.45. The van der Waals surface area contributed by atoms with Gasteiger partial charge in [0.05, 0.1) is 30.9 Å². The van der Waals surface area contributed by atoms with Crippen LogP contribution in [0.3, 0.4) is 0 Å². The molecule has 2 heterocycles. The van der Waals surface area contributed by atoms with E-state index in [9.17, 15) is 19.2 Å². The predicted molar refractivity (Wildman–Crippen MR) is 120 cm³/mol. The third kappa shape index (κ3) is 4.52. The van der Waals surface area contributed by atoms with Gasteiger partial charge in [0.15, 0.2) is 0 Å². The molecule has 2 fully saturated rings. The number of hydrogen-bond donors (Lipinski definition) is 0. The Labute approximate surface area is 192 Å². The summed E-state index contributed by atoms with van der Waals surface area (Å²) in [7, 11) is 1.28. The molecule has 4 rings (SSSR count). The Balaban J connectivity index is 1.62. The summed E-state index contributed by atoms with van der Waals surface area (Å²) in [6.07, 6.45) is 1.41. The number of methoxy groups -OCH3 is 1. The summed E-state index contributed by atoms with van der Waals surface area (Å²) in [5.74, 6) is -1.67. The number of aryl methyl sites for hydroxylation is 1. The third-order valence-corrected chi connectivity index (χ3v) is 6.11. The van der Waals surface area contributed by atoms with E-state index in [1.165, 1.54) is 36.3 Å². The zero-order valence-corrected chi connectivity index (χ0v) is 18.7. The number of carbonyl (C=O) groups excluding carboxylic acids is 4. The average Bonchev–Trinajstić information content (AvgIpc) is 3.44. The normalized spacial score (nSPS) is 20.2. The lowest BCUT2D eigenvalue weighted by atomic mass is 10.0. The van der Waals surface area contributed by atoms with Crippen molar-refractivity contribution in [3.8, 4) is 0 Å². The highest BCUT2D eigenvalue weighted by molar-refractivity contribution is 6.23. The van der Waals surface area contributed by atoms with Crippen molar-refractivity contribution in [1.82, 2.24) is 4.90 Å². The molecule has 0 radical (unpaired) electrons. The fourth-order valence-electron chi connectivity index (χ4n) is 4.32. The lowest BCUT2D eigenvalue weighted by Gasteiger charge is -2.30. The quantitative estimate of drug-likeness (QED) is 0.496. The van der Waals surface area contributed by atoms with E-state index in [0.29, 0.717) is 23.4 Å². The van der Waals surface area contributed by atoms with Crippen molar-refractivity contribution < 1.29 is 28.7 Å². The summed E-state index contributed by atoms with van der Waals surface area (Å²) in [5.41, 5.74) is 1.95. The minimum absolute atomic E-state index is 0.109. The maximum absolute atomic E-state index is 13.5. The molecule has 0 aliphatic carbocycles. The Hall–Kier alpha value is -3.52. The maximum Gasteiger partial charge on any atom is 0.337 e. The number of benzene rings is 2. The summed E-state index contributed by atoms with van der Waals surface area (Å²) in [6, 6.07) is 12.3. The van der Waals surface area contributed by atoms with Crippen LogP contribution in [-0.2, 0) is 19.1 Å². The molecule has 2 saturated heterocycles. The van der Waals surface area contributed by atoms with Gasteiger partial charge in [-0.05, 0) is 55.7 Å². The molecule has 33 heavy (non-hydrogen) atoms. The summed E-state index contributed by atoms with van der Waals surface area (Å²) in [6.45, 7) is 2.70. The number of esters is 1. The number of carbonyl (C=O) groups is 4. The Morgan fingerprint density at radius 2 is 1.85 bits per heavy atom. The Morgan fingerprint density at radius 1 is 1.12 bits per heavy atom. The second-order valence-electron chi connectivity index (χ2n) is 8.23. The van der Waals surface area contributed by atoms with Gasteiger partial charge < -0.3 is 14.4 Å². The zero-order chi connectivity index (χ0) is 23.5. The monoisotopic (exact) mass is 450 g/mol. The summed E-state index contributed by atoms with van der Waals surface area (Å²) < 4.78 is 10.4. The van der Waals surface area contributed by atoms with Crippen molar-refractivity contribution in [2.24, 2.45) is 0 Å². The number of amides is 3. The van der Waals surface area contributed by atoms with Crippen LogP contribution in [0.25, 0.3) is 0 Å². The van der Waals surface area contributed by atoms with Gasteiger partial charge in [-0.15, -0.1) is 0 Å². The van der Waals surface area contributed by atoms with Crippen LogP contribution in [0.5, 0.6) is 0 Å². The summed E-state index contributed by atoms with van der Waals surface area (Å²) >= 11 is 0. The molecular formula is C25H26N2O6. The van der Waals surface area contributed by atoms with Crippen LogP contribution in [0.2, 0.25) is 0 Å². The lowest BCUT2D eigenvalue weighted by molar-refractivity contribution is -0.122. The van der Waals surface area contributed by atoms with E-state index in [4.69, 9.17) is 9.47 Å². The van der Waals surface area contributed by atoms with Gasteiger partial charge in [0.2, 0.25) is 5.91 Å². The molecule has 0 aromatic heterocycles. The third-order valence-electron chi connectivity index (χ3n) is 6.11. The predicted octanol–water partition coefficient (Wildman–Crippen LogP) is 2.73. The maximum atomic E-state index is 13.5. The number of anilines is 1. The van der Waals surface area contributed by atoms with E-state index in [1.54, 1.807) is 12.1 Å². The molecule has 172 valence electrons. The molecule has 8 heteroatoms. The fourth-order valence-corrected chi connectivity index (χ4v) is 4.32. The van der Waals surface area contributed by atoms with Crippen LogP contribution < -0.4 is 4.90 Å². The van der Waals surface area contributed by atoms with Gasteiger partial charge in [-0.1, -0.05) is 18.2 Å². The molecule has 0 spiro atoms. The van der Waals surface area contributed by atoms with Crippen molar-refractivity contribution in [3.05, 3.63) is 65.2 Å². The highest BCUT2D eigenvalue weighted by atomic mass is 16.5. The second-order valence-corrected chi connectivity index (χ2v) is 8.23. The first-order valence-corrected chi connectivity index (χ1v) is 10.9. The van der Waals surface area contributed by atoms with Gasteiger partial charge in [-0.25, -0.2) is 9.69 Å². The van der Waals surface area contributed by atoms with E-state index in [2.05, 4.69) is 0 Å². The second kappa shape index (κ2) is 9.54. The molecule has 2 aliphatic heterocycles. The molecule has 2 atom stereocenters. The molecule has 2 unspecified atom stereocenters. The Morgan fingerprint density at radius 3 is 2.48 bits per heavy atom. The number of nitrogens with zero attached hydrogens (tertiary/aromatic N) is 2. The Bertz CT molecular complexity index is 1070. The van der Waals surface area contributed by atoms with Gasteiger partial charge >= 0.3 is 5.97 Å². The van der Waals surface area contributed by atoms with E-state index < -0.39 is 23.8 Å². The molecule has 2 aromatic rings. The van der Waals surface area contributed by atoms with Crippen LogP contribution in [0.15, 0.2) is 48.5 Å². The van der Waals surface area contributed by atoms with Gasteiger partial charge in [0.25, 0.3) is 11.8 Å². The van der Waals surface area contributed by atoms with Gasteiger partial charge in [-0.3, -0.25) is 14.4 Å². The van der Waals surface area contributed by atoms with Crippen LogP contribution >= 0.6 is 0 Å². The number of imide groups is 1. The summed E-state index contributed by atoms with van der Waals surface area (Å²) in [5, 5.41) is 0. The summed E-state index contributed by atoms with van der Waals surface area (Å²) in [4.78, 5) is 54.1. The minimum Gasteiger partial charge on any atom is -0.465 e. The first-order chi connectivity index (χ1) is 15.9. The van der Waals surface area contributed by atoms with Crippen LogP contribution in [0.1, 0.15) is 45.5 Å². The molecular weight excluding hydrogens is 424 g/mol. The number of rotatable bonds is 6. The molecule has 0 saturated carbocycles. The molecule has 2 aliphatic rings. The zero-order valence-electron chi connectivity index (χ0n) is 18.7. The van der Waals surface area contributed by atoms with Crippen LogP contribution in [-0.4, -0.2) is 61.0 Å². The Kier molecular flexibility index (Phi) is 6.55. The number of hydrogen-bond acceptors (Lipinski definition) is 6. The van der Waals surface area contributed by atoms with Gasteiger partial charge in [-0.2, -0.15) is 0 Å². The van der Waals surface area contributed by atoms with E-state index >= 15 is 0 Å². The minimum atomic E-state index is -0.922. The molecule has 0 bridgehead atoms. The van der Waals surface area contributed by atoms with Gasteiger partial charge in [0.1, 0.15) is 6.04 Å². The SMILES string of the molecule is COC(=O)c1ccc(N2C(=O)CC(N(CC3CCCO3)C(=O)c3ccccc3C)C2=O)cc1. The lowest BCUT2D eigenvalue weighted by Crippen LogP contribution is -2.48. The molecule has 0 N–H and O–H groups in total. The van der Waals surface area contributed by atoms with Crippen molar-refractivity contribution in [1.29, 1.82) is 0 Å². The average molecular weight is 450 g/mol. The molecule has 3 amide bonds. The van der Waals surface area contributed by atoms with Crippen molar-refractivity contribution >= 4 is 29.4 Å². The standard InChI is InChI=1S/C25H26N2O6/c1-16-6-3-4-8-20(16)23(29)26(15-19-7-5-13-33-19)21-14-22(28)27(24(21)30)18-11-9-17(10-12-18)25(31)32-2/h3-4,6,8-12,19,21H,5,7,13-15H2,1-2H3. The van der Waals surface area contributed by atoms with Crippen molar-refractivity contribution in [3.63, 3.8) is 0 Å². The van der Waals surface area contributed by atoms with Crippen molar-refractivity contribution in [2.45, 2.75) is 38.3 Å². The first kappa shape index (κ1) is 22.7. The molecule has 8 nitrogen and oxygen atoms in total. The van der Waals surface area contributed by atoms with Crippen molar-refractivity contribution in [2.75, 3.05) is 25.2 Å². The van der Waals surface area contributed by atoms with E-state index in [0.717, 1.165) is 23.3 Å². The largest absolute Gasteiger partial charge is 0.465 e. The smallest absolute Gasteiger partial charge is 0.337 e. The van der Waals surface area contributed by atoms with Crippen LogP contribution in [0.4, 0.5) is 5.69 Å². The molecule has 2 aromatic carbocycles. The fraction of sp³-hybridized carbons (Fsp3) is 0.360. The number of ether oxygens (including phenoxy) is 2. The van der Waals surface area contributed by atoms with E-state index in [-0.39, 0.29) is 25.0 Å². The van der Waals surface area contributed by atoms with E-state index in [1.807, 2.05) is 19.1 Å². The van der Waals surface area contributed by atoms with Crippen LogP contribution in [0, 0.1) is 6.92 Å². The van der Waals surface area contributed by atoms with Gasteiger partial charge in [0, 0.05) is 18.7 Å². The highest BCUT2D eigenvalue weighted by Crippen LogP contribution is 2.29. The first-order valence-electron chi connectivity index (χ1n) is 10.9. The topological polar surface area (TPSA) is 93.2 Å².